The minimum absolute atomic E-state index is 0.0655. The Morgan fingerprint density at radius 3 is 2.68 bits per heavy atom. The topological polar surface area (TPSA) is 78.7 Å². The SMILES string of the molecule is N#C/C(=C\c1ccccc1)C(=O)NCc1csc(-c2ccncc2)n1. The molecule has 0 saturated heterocycles. The summed E-state index contributed by atoms with van der Waals surface area (Å²) in [4.78, 5) is 20.7. The van der Waals surface area contributed by atoms with Gasteiger partial charge in [-0.25, -0.2) is 4.98 Å². The number of hydrogen-bond acceptors (Lipinski definition) is 5. The van der Waals surface area contributed by atoms with Crippen molar-refractivity contribution >= 4 is 23.3 Å². The molecule has 1 amide bonds. The summed E-state index contributed by atoms with van der Waals surface area (Å²) in [5.74, 6) is -0.412. The van der Waals surface area contributed by atoms with Gasteiger partial charge in [-0.15, -0.1) is 11.3 Å². The highest BCUT2D eigenvalue weighted by Crippen LogP contribution is 2.22. The van der Waals surface area contributed by atoms with Crippen LogP contribution < -0.4 is 5.32 Å². The van der Waals surface area contributed by atoms with Crippen LogP contribution in [0.2, 0.25) is 0 Å². The number of thiazole rings is 1. The summed E-state index contributed by atoms with van der Waals surface area (Å²) in [6, 6.07) is 15.0. The second kappa shape index (κ2) is 7.99. The van der Waals surface area contributed by atoms with E-state index in [0.717, 1.165) is 21.8 Å². The van der Waals surface area contributed by atoms with E-state index in [9.17, 15) is 10.1 Å². The van der Waals surface area contributed by atoms with Gasteiger partial charge in [-0.3, -0.25) is 9.78 Å². The lowest BCUT2D eigenvalue weighted by Gasteiger charge is -2.02. The molecule has 0 atom stereocenters. The van der Waals surface area contributed by atoms with Crippen molar-refractivity contribution in [1.29, 1.82) is 5.26 Å². The second-order valence-electron chi connectivity index (χ2n) is 5.14. The lowest BCUT2D eigenvalue weighted by molar-refractivity contribution is -0.117. The molecule has 6 heteroatoms. The van der Waals surface area contributed by atoms with Crippen molar-refractivity contribution in [3.8, 4) is 16.6 Å². The molecule has 0 spiro atoms. The minimum Gasteiger partial charge on any atom is -0.346 e. The van der Waals surface area contributed by atoms with Gasteiger partial charge in [0.1, 0.15) is 16.6 Å². The number of carbonyl (C=O) groups is 1. The van der Waals surface area contributed by atoms with Crippen LogP contribution in [0.5, 0.6) is 0 Å². The molecule has 0 radical (unpaired) electrons. The maximum Gasteiger partial charge on any atom is 0.262 e. The maximum atomic E-state index is 12.2. The number of pyridine rings is 1. The smallest absolute Gasteiger partial charge is 0.262 e. The number of nitrogens with zero attached hydrogens (tertiary/aromatic N) is 3. The first kappa shape index (κ1) is 16.6. The van der Waals surface area contributed by atoms with E-state index in [1.807, 2.05) is 53.9 Å². The van der Waals surface area contributed by atoms with Gasteiger partial charge in [0.05, 0.1) is 12.2 Å². The fourth-order valence-corrected chi connectivity index (χ4v) is 2.97. The van der Waals surface area contributed by atoms with Crippen LogP contribution in [-0.4, -0.2) is 15.9 Å². The molecule has 0 aliphatic heterocycles. The molecule has 5 nitrogen and oxygen atoms in total. The highest BCUT2D eigenvalue weighted by Gasteiger charge is 2.10. The molecule has 3 rings (SSSR count). The Morgan fingerprint density at radius 1 is 1.20 bits per heavy atom. The molecular formula is C19H14N4OS. The normalized spacial score (nSPS) is 10.9. The first-order chi connectivity index (χ1) is 12.3. The molecule has 3 aromatic rings. The number of carbonyl (C=O) groups excluding carboxylic acids is 1. The zero-order chi connectivity index (χ0) is 17.5. The maximum absolute atomic E-state index is 12.2. The quantitative estimate of drug-likeness (QED) is 0.567. The Bertz CT molecular complexity index is 927. The number of nitrogens with one attached hydrogen (secondary N) is 1. The minimum atomic E-state index is -0.412. The molecule has 0 saturated carbocycles. The summed E-state index contributed by atoms with van der Waals surface area (Å²) in [7, 11) is 0. The van der Waals surface area contributed by atoms with Crippen LogP contribution in [0.25, 0.3) is 16.6 Å². The van der Waals surface area contributed by atoms with Gasteiger partial charge < -0.3 is 5.32 Å². The average Bonchev–Trinajstić information content (AvgIpc) is 3.15. The Balaban J connectivity index is 1.65. The summed E-state index contributed by atoms with van der Waals surface area (Å²) in [6.07, 6.45) is 5.00. The van der Waals surface area contributed by atoms with Crippen molar-refractivity contribution in [1.82, 2.24) is 15.3 Å². The average molecular weight is 346 g/mol. The Morgan fingerprint density at radius 2 is 1.96 bits per heavy atom. The molecule has 2 aromatic heterocycles. The number of benzene rings is 1. The van der Waals surface area contributed by atoms with E-state index in [2.05, 4.69) is 15.3 Å². The monoisotopic (exact) mass is 346 g/mol. The molecule has 0 unspecified atom stereocenters. The van der Waals surface area contributed by atoms with Crippen LogP contribution >= 0.6 is 11.3 Å². The van der Waals surface area contributed by atoms with Gasteiger partial charge >= 0.3 is 0 Å². The Hall–Kier alpha value is -3.30. The summed E-state index contributed by atoms with van der Waals surface area (Å²) < 4.78 is 0. The van der Waals surface area contributed by atoms with Gasteiger partial charge in [0.25, 0.3) is 5.91 Å². The van der Waals surface area contributed by atoms with E-state index in [1.54, 1.807) is 18.5 Å². The zero-order valence-electron chi connectivity index (χ0n) is 13.2. The van der Waals surface area contributed by atoms with Crippen molar-refractivity contribution in [2.24, 2.45) is 0 Å². The van der Waals surface area contributed by atoms with Gasteiger partial charge in [0.2, 0.25) is 0 Å². The lowest BCUT2D eigenvalue weighted by atomic mass is 10.1. The van der Waals surface area contributed by atoms with E-state index >= 15 is 0 Å². The third kappa shape index (κ3) is 4.37. The van der Waals surface area contributed by atoms with E-state index < -0.39 is 5.91 Å². The van der Waals surface area contributed by atoms with E-state index in [-0.39, 0.29) is 12.1 Å². The van der Waals surface area contributed by atoms with Gasteiger partial charge in [0.15, 0.2) is 0 Å². The number of aromatic nitrogens is 2. The van der Waals surface area contributed by atoms with E-state index in [1.165, 1.54) is 11.3 Å². The summed E-state index contributed by atoms with van der Waals surface area (Å²) in [6.45, 7) is 0.272. The lowest BCUT2D eigenvalue weighted by Crippen LogP contribution is -2.24. The predicted octanol–water partition coefficient (Wildman–Crippen LogP) is 3.43. The van der Waals surface area contributed by atoms with Gasteiger partial charge in [-0.1, -0.05) is 30.3 Å². The molecule has 122 valence electrons. The molecular weight excluding hydrogens is 332 g/mol. The van der Waals surface area contributed by atoms with Gasteiger partial charge in [-0.2, -0.15) is 5.26 Å². The summed E-state index contributed by atoms with van der Waals surface area (Å²) in [5.41, 5.74) is 2.61. The number of nitriles is 1. The summed E-state index contributed by atoms with van der Waals surface area (Å²) >= 11 is 1.50. The van der Waals surface area contributed by atoms with E-state index in [4.69, 9.17) is 0 Å². The highest BCUT2D eigenvalue weighted by atomic mass is 32.1. The van der Waals surface area contributed by atoms with Gasteiger partial charge in [-0.05, 0) is 23.8 Å². The van der Waals surface area contributed by atoms with Crippen molar-refractivity contribution in [3.63, 3.8) is 0 Å². The van der Waals surface area contributed by atoms with Crippen molar-refractivity contribution in [3.05, 3.63) is 77.1 Å². The number of amides is 1. The molecule has 0 bridgehead atoms. The predicted molar refractivity (Wildman–Crippen MR) is 97.2 cm³/mol. The third-order valence-electron chi connectivity index (χ3n) is 3.38. The summed E-state index contributed by atoms with van der Waals surface area (Å²) in [5, 5.41) is 14.7. The number of hydrogen-bond donors (Lipinski definition) is 1. The van der Waals surface area contributed by atoms with Crippen LogP contribution in [0.1, 0.15) is 11.3 Å². The molecule has 0 aliphatic carbocycles. The van der Waals surface area contributed by atoms with Crippen LogP contribution in [-0.2, 0) is 11.3 Å². The Kier molecular flexibility index (Phi) is 5.29. The van der Waals surface area contributed by atoms with Crippen molar-refractivity contribution in [2.75, 3.05) is 0 Å². The van der Waals surface area contributed by atoms with Crippen LogP contribution in [0.4, 0.5) is 0 Å². The van der Waals surface area contributed by atoms with Gasteiger partial charge in [0, 0.05) is 23.3 Å². The molecule has 2 heterocycles. The van der Waals surface area contributed by atoms with Crippen LogP contribution in [0, 0.1) is 11.3 Å². The molecule has 0 aliphatic rings. The molecule has 1 N–H and O–H groups in total. The zero-order valence-corrected chi connectivity index (χ0v) is 14.0. The largest absolute Gasteiger partial charge is 0.346 e. The highest BCUT2D eigenvalue weighted by molar-refractivity contribution is 7.13. The second-order valence-corrected chi connectivity index (χ2v) is 6.00. The third-order valence-corrected chi connectivity index (χ3v) is 4.32. The fraction of sp³-hybridized carbons (Fsp3) is 0.0526. The fourth-order valence-electron chi connectivity index (χ4n) is 2.15. The molecule has 1 aromatic carbocycles. The first-order valence-electron chi connectivity index (χ1n) is 7.56. The van der Waals surface area contributed by atoms with Crippen molar-refractivity contribution < 1.29 is 4.79 Å². The number of rotatable bonds is 5. The van der Waals surface area contributed by atoms with Crippen molar-refractivity contribution in [2.45, 2.75) is 6.54 Å². The Labute approximate surface area is 149 Å². The molecule has 0 fully saturated rings. The van der Waals surface area contributed by atoms with Crippen LogP contribution in [0.3, 0.4) is 0 Å². The molecule has 25 heavy (non-hydrogen) atoms. The first-order valence-corrected chi connectivity index (χ1v) is 8.44. The van der Waals surface area contributed by atoms with E-state index in [0.29, 0.717) is 0 Å². The van der Waals surface area contributed by atoms with Crippen LogP contribution in [0.15, 0.2) is 65.8 Å². The standard InChI is InChI=1S/C19H14N4OS/c20-11-16(10-14-4-2-1-3-5-14)18(24)22-12-17-13-25-19(23-17)15-6-8-21-9-7-15/h1-10,13H,12H2,(H,22,24)/b16-10+.